The summed E-state index contributed by atoms with van der Waals surface area (Å²) in [6, 6.07) is 16.0. The van der Waals surface area contributed by atoms with Crippen molar-refractivity contribution < 1.29 is 4.79 Å². The lowest BCUT2D eigenvalue weighted by molar-refractivity contribution is -0.117. The number of carbonyl (C=O) groups excluding carboxylic acids is 1. The maximum absolute atomic E-state index is 12.6. The summed E-state index contributed by atoms with van der Waals surface area (Å²) in [5.74, 6) is 0.462. The molecule has 1 heterocycles. The van der Waals surface area contributed by atoms with Gasteiger partial charge in [0.1, 0.15) is 0 Å². The van der Waals surface area contributed by atoms with Crippen LogP contribution in [-0.2, 0) is 4.79 Å². The fourth-order valence-electron chi connectivity index (χ4n) is 3.63. The van der Waals surface area contributed by atoms with E-state index in [2.05, 4.69) is 22.3 Å². The fourth-order valence-corrected chi connectivity index (χ4v) is 3.83. The SMILES string of the molecule is O=C(Nc1ccccc1N1CCCC1)[C@H]1C[C@H]1c1cccc(Cl)c1. The second kappa shape index (κ2) is 6.48. The minimum Gasteiger partial charge on any atom is -0.370 e. The zero-order chi connectivity index (χ0) is 16.5. The van der Waals surface area contributed by atoms with Gasteiger partial charge >= 0.3 is 0 Å². The van der Waals surface area contributed by atoms with Gasteiger partial charge in [-0.25, -0.2) is 0 Å². The van der Waals surface area contributed by atoms with Gasteiger partial charge < -0.3 is 10.2 Å². The van der Waals surface area contributed by atoms with Crippen molar-refractivity contribution in [2.75, 3.05) is 23.3 Å². The quantitative estimate of drug-likeness (QED) is 0.876. The zero-order valence-corrected chi connectivity index (χ0v) is 14.3. The maximum Gasteiger partial charge on any atom is 0.228 e. The van der Waals surface area contributed by atoms with E-state index in [9.17, 15) is 4.79 Å². The molecule has 1 saturated heterocycles. The Morgan fingerprint density at radius 2 is 1.88 bits per heavy atom. The van der Waals surface area contributed by atoms with Crippen LogP contribution in [0.2, 0.25) is 5.02 Å². The third-order valence-electron chi connectivity index (χ3n) is 5.01. The molecule has 1 saturated carbocycles. The minimum absolute atomic E-state index is 0.0510. The van der Waals surface area contributed by atoms with Gasteiger partial charge in [-0.3, -0.25) is 4.79 Å². The van der Waals surface area contributed by atoms with Crippen molar-refractivity contribution in [3.8, 4) is 0 Å². The van der Waals surface area contributed by atoms with Crippen LogP contribution in [0.3, 0.4) is 0 Å². The predicted octanol–water partition coefficient (Wildman–Crippen LogP) is 4.68. The highest BCUT2D eigenvalue weighted by Gasteiger charge is 2.44. The van der Waals surface area contributed by atoms with Crippen LogP contribution in [0.5, 0.6) is 0 Å². The van der Waals surface area contributed by atoms with Crippen LogP contribution in [0, 0.1) is 5.92 Å². The molecule has 1 amide bonds. The lowest BCUT2D eigenvalue weighted by Gasteiger charge is -2.21. The summed E-state index contributed by atoms with van der Waals surface area (Å²) in [6.45, 7) is 2.14. The van der Waals surface area contributed by atoms with Crippen molar-refractivity contribution in [2.24, 2.45) is 5.92 Å². The Bertz CT molecular complexity index is 755. The number of amides is 1. The van der Waals surface area contributed by atoms with Gasteiger partial charge in [-0.15, -0.1) is 0 Å². The number of para-hydroxylation sites is 2. The van der Waals surface area contributed by atoms with Gasteiger partial charge in [0.15, 0.2) is 0 Å². The molecule has 0 radical (unpaired) electrons. The number of benzene rings is 2. The van der Waals surface area contributed by atoms with Gasteiger partial charge in [0.2, 0.25) is 5.91 Å². The summed E-state index contributed by atoms with van der Waals surface area (Å²) in [5, 5.41) is 3.88. The molecule has 1 aliphatic carbocycles. The van der Waals surface area contributed by atoms with Crippen LogP contribution in [0.25, 0.3) is 0 Å². The Morgan fingerprint density at radius 3 is 2.67 bits per heavy atom. The van der Waals surface area contributed by atoms with E-state index in [1.807, 2.05) is 36.4 Å². The summed E-state index contributed by atoms with van der Waals surface area (Å²) in [7, 11) is 0. The van der Waals surface area contributed by atoms with Gasteiger partial charge in [0.25, 0.3) is 0 Å². The zero-order valence-electron chi connectivity index (χ0n) is 13.5. The minimum atomic E-state index is 0.0510. The average Bonchev–Trinajstić information content (AvgIpc) is 3.22. The normalized spacial score (nSPS) is 22.5. The number of hydrogen-bond acceptors (Lipinski definition) is 2. The summed E-state index contributed by atoms with van der Waals surface area (Å²) in [6.07, 6.45) is 3.35. The van der Waals surface area contributed by atoms with Gasteiger partial charge in [-0.1, -0.05) is 35.9 Å². The molecule has 124 valence electrons. The van der Waals surface area contributed by atoms with Crippen LogP contribution in [0.4, 0.5) is 11.4 Å². The molecule has 2 aliphatic rings. The molecule has 4 rings (SSSR count). The van der Waals surface area contributed by atoms with E-state index in [0.29, 0.717) is 5.92 Å². The van der Waals surface area contributed by atoms with E-state index in [-0.39, 0.29) is 11.8 Å². The Kier molecular flexibility index (Phi) is 4.19. The number of anilines is 2. The fraction of sp³-hybridized carbons (Fsp3) is 0.350. The number of carbonyl (C=O) groups is 1. The van der Waals surface area contributed by atoms with Gasteiger partial charge in [0.05, 0.1) is 11.4 Å². The van der Waals surface area contributed by atoms with Gasteiger partial charge in [-0.2, -0.15) is 0 Å². The number of halogens is 1. The lowest BCUT2D eigenvalue weighted by atomic mass is 10.1. The van der Waals surface area contributed by atoms with Crippen LogP contribution < -0.4 is 10.2 Å². The number of nitrogens with zero attached hydrogens (tertiary/aromatic N) is 1. The van der Waals surface area contributed by atoms with E-state index in [0.717, 1.165) is 41.5 Å². The number of rotatable bonds is 4. The molecule has 2 aromatic rings. The molecule has 4 heteroatoms. The molecular weight excluding hydrogens is 320 g/mol. The smallest absolute Gasteiger partial charge is 0.228 e. The Hall–Kier alpha value is -2.00. The summed E-state index contributed by atoms with van der Waals surface area (Å²) in [5.41, 5.74) is 3.24. The first-order chi connectivity index (χ1) is 11.7. The van der Waals surface area contributed by atoms with E-state index in [1.54, 1.807) is 0 Å². The molecule has 0 bridgehead atoms. The van der Waals surface area contributed by atoms with E-state index in [4.69, 9.17) is 11.6 Å². The molecule has 2 fully saturated rings. The third kappa shape index (κ3) is 3.13. The van der Waals surface area contributed by atoms with E-state index >= 15 is 0 Å². The largest absolute Gasteiger partial charge is 0.370 e. The molecule has 3 nitrogen and oxygen atoms in total. The van der Waals surface area contributed by atoms with E-state index < -0.39 is 0 Å². The van der Waals surface area contributed by atoms with Gasteiger partial charge in [-0.05, 0) is 55.0 Å². The molecule has 24 heavy (non-hydrogen) atoms. The maximum atomic E-state index is 12.6. The first-order valence-corrected chi connectivity index (χ1v) is 9.00. The summed E-state index contributed by atoms with van der Waals surface area (Å²) < 4.78 is 0. The first-order valence-electron chi connectivity index (χ1n) is 8.63. The number of nitrogens with one attached hydrogen (secondary N) is 1. The van der Waals surface area contributed by atoms with Gasteiger partial charge in [0, 0.05) is 24.0 Å². The van der Waals surface area contributed by atoms with Crippen molar-refractivity contribution >= 4 is 28.9 Å². The van der Waals surface area contributed by atoms with Crippen molar-refractivity contribution in [3.05, 3.63) is 59.1 Å². The predicted molar refractivity (Wildman–Crippen MR) is 98.8 cm³/mol. The Balaban J connectivity index is 1.46. The van der Waals surface area contributed by atoms with E-state index in [1.165, 1.54) is 12.8 Å². The lowest BCUT2D eigenvalue weighted by Crippen LogP contribution is -2.21. The average molecular weight is 341 g/mol. The monoisotopic (exact) mass is 340 g/mol. The first kappa shape index (κ1) is 15.5. The molecule has 0 aromatic heterocycles. The standard InChI is InChI=1S/C20H21ClN2O/c21-15-7-5-6-14(12-15)16-13-17(16)20(24)22-18-8-1-2-9-19(18)23-10-3-4-11-23/h1-2,5-9,12,16-17H,3-4,10-11,13H2,(H,22,24)/t16-,17-/m0/s1. The van der Waals surface area contributed by atoms with Crippen LogP contribution >= 0.6 is 11.6 Å². The number of hydrogen-bond donors (Lipinski definition) is 1. The molecular formula is C20H21ClN2O. The van der Waals surface area contributed by atoms with Crippen molar-refractivity contribution in [1.82, 2.24) is 0 Å². The van der Waals surface area contributed by atoms with Crippen molar-refractivity contribution in [2.45, 2.75) is 25.2 Å². The highest BCUT2D eigenvalue weighted by Crippen LogP contribution is 2.48. The van der Waals surface area contributed by atoms with Crippen LogP contribution in [0.15, 0.2) is 48.5 Å². The molecule has 0 spiro atoms. The van der Waals surface area contributed by atoms with Crippen molar-refractivity contribution in [1.29, 1.82) is 0 Å². The Morgan fingerprint density at radius 1 is 1.08 bits per heavy atom. The molecule has 1 N–H and O–H groups in total. The second-order valence-electron chi connectivity index (χ2n) is 6.70. The molecule has 0 unspecified atom stereocenters. The highest BCUT2D eigenvalue weighted by molar-refractivity contribution is 6.30. The Labute approximate surface area is 147 Å². The van der Waals surface area contributed by atoms with Crippen LogP contribution in [0.1, 0.15) is 30.7 Å². The van der Waals surface area contributed by atoms with Crippen LogP contribution in [-0.4, -0.2) is 19.0 Å². The van der Waals surface area contributed by atoms with Crippen molar-refractivity contribution in [3.63, 3.8) is 0 Å². The molecule has 1 aliphatic heterocycles. The summed E-state index contributed by atoms with van der Waals surface area (Å²) in [4.78, 5) is 15.0. The second-order valence-corrected chi connectivity index (χ2v) is 7.14. The topological polar surface area (TPSA) is 32.3 Å². The highest BCUT2D eigenvalue weighted by atomic mass is 35.5. The molecule has 2 aromatic carbocycles. The molecule has 2 atom stereocenters. The summed E-state index contributed by atoms with van der Waals surface area (Å²) >= 11 is 6.06. The third-order valence-corrected chi connectivity index (χ3v) is 5.25.